The largest absolute Gasteiger partial charge is 0.376 e. The summed E-state index contributed by atoms with van der Waals surface area (Å²) in [5.74, 6) is 1.26. The zero-order chi connectivity index (χ0) is 22.3. The number of thiophene rings is 1. The van der Waals surface area contributed by atoms with E-state index in [-0.39, 0.29) is 22.8 Å². The maximum absolute atomic E-state index is 13.3. The number of hydrogen-bond acceptors (Lipinski definition) is 8. The van der Waals surface area contributed by atoms with Crippen molar-refractivity contribution >= 4 is 27.3 Å². The van der Waals surface area contributed by atoms with Crippen LogP contribution in [0.4, 0.5) is 0 Å². The maximum atomic E-state index is 13.3. The molecule has 1 saturated carbocycles. The summed E-state index contributed by atoms with van der Waals surface area (Å²) in [7, 11) is -3.65. The van der Waals surface area contributed by atoms with E-state index < -0.39 is 10.0 Å². The number of aromatic nitrogens is 2. The van der Waals surface area contributed by atoms with E-state index in [1.165, 1.54) is 15.6 Å². The zero-order valence-electron chi connectivity index (χ0n) is 18.1. The molecule has 0 spiro atoms. The lowest BCUT2D eigenvalue weighted by Gasteiger charge is -2.30. The first-order chi connectivity index (χ1) is 15.4. The molecule has 0 radical (unpaired) electrons. The highest BCUT2D eigenvalue weighted by Gasteiger charge is 2.35. The molecule has 9 nitrogen and oxygen atoms in total. The van der Waals surface area contributed by atoms with Crippen LogP contribution in [0.5, 0.6) is 0 Å². The Balaban J connectivity index is 1.21. The number of piperidine rings is 1. The summed E-state index contributed by atoms with van der Waals surface area (Å²) in [5, 5.41) is 7.01. The average Bonchev–Trinajstić information content (AvgIpc) is 3.18. The summed E-state index contributed by atoms with van der Waals surface area (Å²) in [6.07, 6.45) is 5.28. The Bertz CT molecular complexity index is 1080. The van der Waals surface area contributed by atoms with E-state index in [1.807, 2.05) is 0 Å². The first-order valence-corrected chi connectivity index (χ1v) is 13.5. The minimum atomic E-state index is -3.65. The number of amides is 1. The number of aryl methyl sites for hydroxylation is 1. The molecule has 11 heteroatoms. The van der Waals surface area contributed by atoms with E-state index in [2.05, 4.69) is 15.5 Å². The number of nitrogens with one attached hydrogen (secondary N) is 1. The molecule has 4 heterocycles. The number of hydrogen-bond donors (Lipinski definition) is 1. The molecule has 1 aliphatic carbocycles. The number of carbonyl (C=O) groups is 1. The van der Waals surface area contributed by atoms with Crippen LogP contribution in [0.15, 0.2) is 15.5 Å². The molecule has 2 aromatic heterocycles. The van der Waals surface area contributed by atoms with Crippen molar-refractivity contribution < 1.29 is 22.5 Å². The number of ether oxygens (including phenoxy) is 1. The van der Waals surface area contributed by atoms with Crippen molar-refractivity contribution in [2.24, 2.45) is 5.92 Å². The third-order valence-corrected chi connectivity index (χ3v) is 9.63. The third kappa shape index (κ3) is 4.48. The fourth-order valence-electron chi connectivity index (χ4n) is 4.32. The van der Waals surface area contributed by atoms with Gasteiger partial charge in [0.1, 0.15) is 0 Å². The van der Waals surface area contributed by atoms with Crippen molar-refractivity contribution in [1.82, 2.24) is 19.8 Å². The molecule has 2 aliphatic heterocycles. The second-order valence-corrected chi connectivity index (χ2v) is 12.0. The van der Waals surface area contributed by atoms with Gasteiger partial charge >= 0.3 is 0 Å². The molecule has 0 aromatic carbocycles. The standard InChI is InChI=1S/C21H28N4O5S2/c1-13-18(11-17(31-13)19-23-21(30-24-19)15-4-5-15)32(27,28)25-8-6-14(7-9-25)20(26)22-12-16-3-2-10-29-16/h11,14-16H,2-10,12H2,1H3,(H,22,26). The quantitative estimate of drug-likeness (QED) is 0.648. The van der Waals surface area contributed by atoms with Gasteiger partial charge in [0.15, 0.2) is 0 Å². The molecular formula is C21H28N4O5S2. The van der Waals surface area contributed by atoms with Crippen LogP contribution in [0, 0.1) is 12.8 Å². The van der Waals surface area contributed by atoms with E-state index in [4.69, 9.17) is 9.26 Å². The molecule has 174 valence electrons. The van der Waals surface area contributed by atoms with E-state index in [9.17, 15) is 13.2 Å². The van der Waals surface area contributed by atoms with Crippen molar-refractivity contribution in [3.05, 3.63) is 16.8 Å². The Morgan fingerprint density at radius 3 is 2.72 bits per heavy atom. The summed E-state index contributed by atoms with van der Waals surface area (Å²) in [5.41, 5.74) is 0. The second-order valence-electron chi connectivity index (χ2n) is 8.82. The van der Waals surface area contributed by atoms with E-state index in [0.717, 1.165) is 32.3 Å². The van der Waals surface area contributed by atoms with Gasteiger partial charge in [-0.05, 0) is 51.5 Å². The van der Waals surface area contributed by atoms with Crippen LogP contribution >= 0.6 is 11.3 Å². The predicted octanol–water partition coefficient (Wildman–Crippen LogP) is 2.68. The smallest absolute Gasteiger partial charge is 0.244 e. The molecule has 3 fully saturated rings. The number of sulfonamides is 1. The highest BCUT2D eigenvalue weighted by molar-refractivity contribution is 7.89. The molecule has 1 unspecified atom stereocenters. The Labute approximate surface area is 191 Å². The van der Waals surface area contributed by atoms with Crippen LogP contribution in [0.3, 0.4) is 0 Å². The highest BCUT2D eigenvalue weighted by atomic mass is 32.2. The van der Waals surface area contributed by atoms with Crippen molar-refractivity contribution in [3.63, 3.8) is 0 Å². The van der Waals surface area contributed by atoms with Crippen LogP contribution in [0.2, 0.25) is 0 Å². The van der Waals surface area contributed by atoms with Gasteiger partial charge in [-0.25, -0.2) is 8.42 Å². The van der Waals surface area contributed by atoms with Gasteiger partial charge in [-0.3, -0.25) is 4.79 Å². The lowest BCUT2D eigenvalue weighted by atomic mass is 9.97. The lowest BCUT2D eigenvalue weighted by Crippen LogP contribution is -2.44. The fraction of sp³-hybridized carbons (Fsp3) is 0.667. The summed E-state index contributed by atoms with van der Waals surface area (Å²) in [6, 6.07) is 1.65. The highest BCUT2D eigenvalue weighted by Crippen LogP contribution is 2.41. The maximum Gasteiger partial charge on any atom is 0.244 e. The first-order valence-electron chi connectivity index (χ1n) is 11.3. The molecule has 2 aromatic rings. The van der Waals surface area contributed by atoms with Crippen LogP contribution in [-0.2, 0) is 19.6 Å². The van der Waals surface area contributed by atoms with E-state index in [0.29, 0.717) is 59.9 Å². The molecule has 2 saturated heterocycles. The number of rotatable bonds is 7. The summed E-state index contributed by atoms with van der Waals surface area (Å²) in [6.45, 7) is 3.76. The van der Waals surface area contributed by atoms with E-state index in [1.54, 1.807) is 13.0 Å². The number of carbonyl (C=O) groups excluding carboxylic acids is 1. The Kier molecular flexibility index (Phi) is 6.08. The van der Waals surface area contributed by atoms with Gasteiger partial charge in [0.05, 0.1) is 15.9 Å². The van der Waals surface area contributed by atoms with Crippen molar-refractivity contribution in [2.75, 3.05) is 26.2 Å². The van der Waals surface area contributed by atoms with Crippen LogP contribution in [-0.4, -0.2) is 61.1 Å². The average molecular weight is 481 g/mol. The zero-order valence-corrected chi connectivity index (χ0v) is 19.7. The van der Waals surface area contributed by atoms with Crippen LogP contribution in [0.1, 0.15) is 55.2 Å². The van der Waals surface area contributed by atoms with Gasteiger partial charge < -0.3 is 14.6 Å². The molecule has 1 N–H and O–H groups in total. The Morgan fingerprint density at radius 1 is 1.25 bits per heavy atom. The molecule has 1 amide bonds. The third-order valence-electron chi connectivity index (χ3n) is 6.43. The molecule has 32 heavy (non-hydrogen) atoms. The van der Waals surface area contributed by atoms with Gasteiger partial charge in [-0.15, -0.1) is 11.3 Å². The Morgan fingerprint density at radius 2 is 2.03 bits per heavy atom. The molecule has 1 atom stereocenters. The van der Waals surface area contributed by atoms with Gasteiger partial charge in [-0.2, -0.15) is 9.29 Å². The second kappa shape index (κ2) is 8.85. The van der Waals surface area contributed by atoms with Crippen molar-refractivity contribution in [1.29, 1.82) is 0 Å². The predicted molar refractivity (Wildman–Crippen MR) is 118 cm³/mol. The summed E-state index contributed by atoms with van der Waals surface area (Å²) in [4.78, 5) is 18.6. The molecule has 0 bridgehead atoms. The topological polar surface area (TPSA) is 115 Å². The molecular weight excluding hydrogens is 452 g/mol. The van der Waals surface area contributed by atoms with Crippen LogP contribution < -0.4 is 5.32 Å². The van der Waals surface area contributed by atoms with Gasteiger partial charge in [0.25, 0.3) is 0 Å². The monoisotopic (exact) mass is 480 g/mol. The normalized spacial score (nSPS) is 23.0. The molecule has 3 aliphatic rings. The minimum Gasteiger partial charge on any atom is -0.376 e. The Hall–Kier alpha value is -1.82. The van der Waals surface area contributed by atoms with Gasteiger partial charge in [0.2, 0.25) is 27.6 Å². The van der Waals surface area contributed by atoms with Gasteiger partial charge in [-0.1, -0.05) is 5.16 Å². The first kappa shape index (κ1) is 22.0. The number of nitrogens with zero attached hydrogens (tertiary/aromatic N) is 3. The summed E-state index contributed by atoms with van der Waals surface area (Å²) >= 11 is 1.36. The fourth-order valence-corrected chi connectivity index (χ4v) is 7.28. The SMILES string of the molecule is Cc1sc(-c2noc(C3CC3)n2)cc1S(=O)(=O)N1CCC(C(=O)NCC2CCCO2)CC1. The van der Waals surface area contributed by atoms with E-state index >= 15 is 0 Å². The van der Waals surface area contributed by atoms with Crippen LogP contribution in [0.25, 0.3) is 10.7 Å². The molecule has 5 rings (SSSR count). The summed E-state index contributed by atoms with van der Waals surface area (Å²) < 4.78 is 39.0. The van der Waals surface area contributed by atoms with Crippen molar-refractivity contribution in [3.8, 4) is 10.7 Å². The van der Waals surface area contributed by atoms with Crippen molar-refractivity contribution in [2.45, 2.75) is 62.4 Å². The van der Waals surface area contributed by atoms with Gasteiger partial charge in [0, 0.05) is 43.0 Å². The minimum absolute atomic E-state index is 0.00452. The lowest BCUT2D eigenvalue weighted by molar-refractivity contribution is -0.126.